The average Bonchev–Trinajstić information content (AvgIpc) is 2.66. The number of allylic oxidation sites excluding steroid dienone is 2. The molecule has 1 aliphatic rings. The minimum Gasteiger partial charge on any atom is -0.0999 e. The second-order valence-electron chi connectivity index (χ2n) is 9.76. The van der Waals surface area contributed by atoms with Crippen LogP contribution in [0.3, 0.4) is 0 Å². The molecule has 1 rings (SSSR count). The zero-order chi connectivity index (χ0) is 20.1. The third-order valence-corrected chi connectivity index (χ3v) is 7.30. The van der Waals surface area contributed by atoms with E-state index < -0.39 is 0 Å². The summed E-state index contributed by atoms with van der Waals surface area (Å²) < 4.78 is 0. The number of rotatable bonds is 15. The molecule has 0 aromatic rings. The van der Waals surface area contributed by atoms with Crippen molar-refractivity contribution in [2.24, 2.45) is 23.7 Å². The number of unbranched alkanes of at least 4 members (excludes halogenated alkanes) is 1. The third kappa shape index (κ3) is 10.6. The van der Waals surface area contributed by atoms with E-state index >= 15 is 0 Å². The largest absolute Gasteiger partial charge is 0.0999 e. The summed E-state index contributed by atoms with van der Waals surface area (Å²) in [7, 11) is 0. The minimum absolute atomic E-state index is 0.694. The Labute approximate surface area is 172 Å². The molecule has 0 bridgehead atoms. The third-order valence-electron chi connectivity index (χ3n) is 7.30. The molecule has 0 saturated heterocycles. The fourth-order valence-electron chi connectivity index (χ4n) is 4.86. The normalized spacial score (nSPS) is 22.4. The van der Waals surface area contributed by atoms with Crippen molar-refractivity contribution >= 4 is 0 Å². The molecule has 0 nitrogen and oxygen atoms in total. The Kier molecular flexibility index (Phi) is 13.1. The summed E-state index contributed by atoms with van der Waals surface area (Å²) in [4.78, 5) is 0. The minimum atomic E-state index is 0.694. The highest BCUT2D eigenvalue weighted by Crippen LogP contribution is 2.38. The summed E-state index contributed by atoms with van der Waals surface area (Å²) in [6.45, 7) is 18.3. The van der Waals surface area contributed by atoms with Crippen LogP contribution in [0.15, 0.2) is 24.3 Å². The van der Waals surface area contributed by atoms with Crippen LogP contribution in [0, 0.1) is 23.7 Å². The molecule has 0 spiro atoms. The smallest absolute Gasteiger partial charge is 0.0234 e. The van der Waals surface area contributed by atoms with Crippen LogP contribution in [0.2, 0.25) is 0 Å². The van der Waals surface area contributed by atoms with Gasteiger partial charge >= 0.3 is 0 Å². The van der Waals surface area contributed by atoms with Crippen molar-refractivity contribution in [1.29, 1.82) is 0 Å². The molecule has 1 aliphatic carbocycles. The van der Waals surface area contributed by atoms with Crippen molar-refractivity contribution in [2.75, 3.05) is 0 Å². The van der Waals surface area contributed by atoms with Crippen molar-refractivity contribution in [2.45, 2.75) is 124 Å². The number of hydrogen-bond donors (Lipinski definition) is 0. The predicted molar refractivity (Wildman–Crippen MR) is 124 cm³/mol. The van der Waals surface area contributed by atoms with E-state index in [4.69, 9.17) is 0 Å². The molecule has 0 aromatic carbocycles. The fourth-order valence-corrected chi connectivity index (χ4v) is 4.86. The summed E-state index contributed by atoms with van der Waals surface area (Å²) in [6, 6.07) is 0. The van der Waals surface area contributed by atoms with Crippen LogP contribution in [0.1, 0.15) is 124 Å². The summed E-state index contributed by atoms with van der Waals surface area (Å²) in [6.07, 6.45) is 20.4. The topological polar surface area (TPSA) is 0 Å². The molecule has 4 atom stereocenters. The standard InChI is InChI=1S/C27H50/c1-7-9-18-26-19-10-11-20-27(26)21-23(4)15-13-17-25(6)24(5)16-12-14-22(3)8-2/h22,24,26-27H,4,6-21H2,1-3,5H3. The van der Waals surface area contributed by atoms with Crippen LogP contribution in [-0.2, 0) is 0 Å². The van der Waals surface area contributed by atoms with Crippen molar-refractivity contribution in [3.05, 3.63) is 24.3 Å². The Morgan fingerprint density at radius 3 is 2.26 bits per heavy atom. The van der Waals surface area contributed by atoms with E-state index in [9.17, 15) is 0 Å². The van der Waals surface area contributed by atoms with E-state index in [-0.39, 0.29) is 0 Å². The fraction of sp³-hybridized carbons (Fsp3) is 0.852. The predicted octanol–water partition coefficient (Wildman–Crippen LogP) is 9.51. The maximum Gasteiger partial charge on any atom is -0.0234 e. The summed E-state index contributed by atoms with van der Waals surface area (Å²) >= 11 is 0. The molecule has 0 heteroatoms. The number of hydrogen-bond acceptors (Lipinski definition) is 0. The van der Waals surface area contributed by atoms with Gasteiger partial charge in [0.15, 0.2) is 0 Å². The van der Waals surface area contributed by atoms with Gasteiger partial charge in [0.2, 0.25) is 0 Å². The zero-order valence-corrected chi connectivity index (χ0v) is 19.3. The first-order chi connectivity index (χ1) is 13.0. The van der Waals surface area contributed by atoms with Crippen LogP contribution in [-0.4, -0.2) is 0 Å². The molecule has 1 fully saturated rings. The van der Waals surface area contributed by atoms with Crippen LogP contribution >= 0.6 is 0 Å². The average molecular weight is 375 g/mol. The molecule has 0 aliphatic heterocycles. The monoisotopic (exact) mass is 374 g/mol. The Hall–Kier alpha value is -0.520. The van der Waals surface area contributed by atoms with Crippen LogP contribution < -0.4 is 0 Å². The van der Waals surface area contributed by atoms with Gasteiger partial charge in [0.25, 0.3) is 0 Å². The maximum atomic E-state index is 4.45. The molecular weight excluding hydrogens is 324 g/mol. The first kappa shape index (κ1) is 24.5. The Morgan fingerprint density at radius 1 is 0.889 bits per heavy atom. The molecule has 0 heterocycles. The van der Waals surface area contributed by atoms with E-state index in [0.717, 1.165) is 17.8 Å². The van der Waals surface area contributed by atoms with Gasteiger partial charge in [-0.2, -0.15) is 0 Å². The SMILES string of the molecule is C=C(CCCC(=C)C(C)CCCC(C)CC)CC1CCCCC1CCCC. The van der Waals surface area contributed by atoms with Crippen LogP contribution in [0.25, 0.3) is 0 Å². The lowest BCUT2D eigenvalue weighted by atomic mass is 9.73. The van der Waals surface area contributed by atoms with E-state index in [1.165, 1.54) is 107 Å². The summed E-state index contributed by atoms with van der Waals surface area (Å²) in [5.41, 5.74) is 2.99. The Bertz CT molecular complexity index is 404. The second-order valence-corrected chi connectivity index (χ2v) is 9.76. The van der Waals surface area contributed by atoms with Gasteiger partial charge in [-0.3, -0.25) is 0 Å². The molecule has 4 unspecified atom stereocenters. The first-order valence-corrected chi connectivity index (χ1v) is 12.3. The van der Waals surface area contributed by atoms with E-state index in [1.54, 1.807) is 0 Å². The van der Waals surface area contributed by atoms with Crippen molar-refractivity contribution in [3.63, 3.8) is 0 Å². The lowest BCUT2D eigenvalue weighted by Gasteiger charge is -2.32. The lowest BCUT2D eigenvalue weighted by molar-refractivity contribution is 0.217. The lowest BCUT2D eigenvalue weighted by Crippen LogP contribution is -2.20. The highest BCUT2D eigenvalue weighted by atomic mass is 14.3. The van der Waals surface area contributed by atoms with E-state index in [1.807, 2.05) is 0 Å². The molecule has 0 radical (unpaired) electrons. The van der Waals surface area contributed by atoms with Gasteiger partial charge in [-0.25, -0.2) is 0 Å². The zero-order valence-electron chi connectivity index (χ0n) is 19.3. The van der Waals surface area contributed by atoms with Gasteiger partial charge in [-0.05, 0) is 62.2 Å². The van der Waals surface area contributed by atoms with Crippen molar-refractivity contribution in [1.82, 2.24) is 0 Å². The summed E-state index contributed by atoms with van der Waals surface area (Å²) in [5, 5.41) is 0. The second kappa shape index (κ2) is 14.5. The van der Waals surface area contributed by atoms with Gasteiger partial charge in [0, 0.05) is 0 Å². The van der Waals surface area contributed by atoms with Gasteiger partial charge in [-0.15, -0.1) is 0 Å². The van der Waals surface area contributed by atoms with Gasteiger partial charge in [0.1, 0.15) is 0 Å². The summed E-state index contributed by atoms with van der Waals surface area (Å²) in [5.74, 6) is 3.49. The quantitative estimate of drug-likeness (QED) is 0.250. The molecule has 0 amide bonds. The van der Waals surface area contributed by atoms with Gasteiger partial charge < -0.3 is 0 Å². The van der Waals surface area contributed by atoms with E-state index in [0.29, 0.717) is 5.92 Å². The van der Waals surface area contributed by atoms with Crippen molar-refractivity contribution < 1.29 is 0 Å². The highest BCUT2D eigenvalue weighted by Gasteiger charge is 2.24. The Balaban J connectivity index is 2.22. The van der Waals surface area contributed by atoms with Crippen LogP contribution in [0.4, 0.5) is 0 Å². The molecular formula is C27H50. The molecule has 27 heavy (non-hydrogen) atoms. The van der Waals surface area contributed by atoms with E-state index in [2.05, 4.69) is 40.9 Å². The van der Waals surface area contributed by atoms with Crippen molar-refractivity contribution in [3.8, 4) is 0 Å². The molecule has 0 N–H and O–H groups in total. The molecule has 158 valence electrons. The molecule has 0 aromatic heterocycles. The first-order valence-electron chi connectivity index (χ1n) is 12.3. The Morgan fingerprint density at radius 2 is 1.59 bits per heavy atom. The van der Waals surface area contributed by atoms with Gasteiger partial charge in [0.05, 0.1) is 0 Å². The molecule has 1 saturated carbocycles. The van der Waals surface area contributed by atoms with Gasteiger partial charge in [-0.1, -0.05) is 110 Å². The van der Waals surface area contributed by atoms with Crippen LogP contribution in [0.5, 0.6) is 0 Å². The maximum absolute atomic E-state index is 4.45. The highest BCUT2D eigenvalue weighted by molar-refractivity contribution is 5.02.